The van der Waals surface area contributed by atoms with Crippen molar-refractivity contribution in [2.45, 2.75) is 25.2 Å². The molecule has 0 aliphatic carbocycles. The van der Waals surface area contributed by atoms with Gasteiger partial charge in [0.25, 0.3) is 0 Å². The van der Waals surface area contributed by atoms with Crippen LogP contribution < -0.4 is 10.6 Å². The lowest BCUT2D eigenvalue weighted by Gasteiger charge is -2.35. The Bertz CT molecular complexity index is 479. The number of carbonyl (C=O) groups excluding carboxylic acids is 1. The fourth-order valence-electron chi connectivity index (χ4n) is 2.46. The van der Waals surface area contributed by atoms with Crippen molar-refractivity contribution in [2.24, 2.45) is 0 Å². The second kappa shape index (κ2) is 6.83. The topological polar surface area (TPSA) is 49.6 Å². The second-order valence-electron chi connectivity index (χ2n) is 4.88. The molecule has 0 radical (unpaired) electrons. The highest BCUT2D eigenvalue weighted by atomic mass is 32.2. The highest BCUT2D eigenvalue weighted by Gasteiger charge is 2.25. The van der Waals surface area contributed by atoms with Gasteiger partial charge in [0, 0.05) is 32.6 Å². The summed E-state index contributed by atoms with van der Waals surface area (Å²) in [7, 11) is 0. The van der Waals surface area contributed by atoms with E-state index in [-0.39, 0.29) is 5.78 Å². The summed E-state index contributed by atoms with van der Waals surface area (Å²) in [6.45, 7) is 9.39. The Morgan fingerprint density at radius 3 is 2.45 bits per heavy atom. The van der Waals surface area contributed by atoms with Gasteiger partial charge >= 0.3 is 0 Å². The van der Waals surface area contributed by atoms with Crippen LogP contribution in [0, 0.1) is 0 Å². The number of Topliss-reactive ketones (excluding diaryl/α,β-unsaturated/α-hetero) is 1. The van der Waals surface area contributed by atoms with E-state index in [1.165, 1.54) is 5.00 Å². The molecule has 1 aliphatic heterocycles. The van der Waals surface area contributed by atoms with E-state index in [1.807, 2.05) is 13.2 Å². The molecule has 0 spiro atoms. The van der Waals surface area contributed by atoms with Gasteiger partial charge in [0.05, 0.1) is 15.5 Å². The minimum atomic E-state index is 0.154. The van der Waals surface area contributed by atoms with Gasteiger partial charge in [0.2, 0.25) is 0 Å². The van der Waals surface area contributed by atoms with Gasteiger partial charge in [0.1, 0.15) is 5.00 Å². The predicted octanol–water partition coefficient (Wildman–Crippen LogP) is 2.79. The Kier molecular flexibility index (Phi) is 5.35. The summed E-state index contributed by atoms with van der Waals surface area (Å²) < 4.78 is 0. The van der Waals surface area contributed by atoms with Crippen molar-refractivity contribution in [3.05, 3.63) is 4.88 Å². The lowest BCUT2D eigenvalue weighted by molar-refractivity contribution is 0.0992. The SMILES string of the molecule is CCC(=O)c1sc(N2CCN(CC)CC2)c(SC)c1N. The van der Waals surface area contributed by atoms with Crippen LogP contribution in [0.2, 0.25) is 0 Å². The summed E-state index contributed by atoms with van der Waals surface area (Å²) in [6.07, 6.45) is 2.55. The molecule has 0 unspecified atom stereocenters. The molecule has 1 fully saturated rings. The van der Waals surface area contributed by atoms with Crippen LogP contribution in [0.15, 0.2) is 4.90 Å². The van der Waals surface area contributed by atoms with Crippen LogP contribution >= 0.6 is 23.1 Å². The Morgan fingerprint density at radius 1 is 1.30 bits per heavy atom. The van der Waals surface area contributed by atoms with Crippen LogP contribution in [0.5, 0.6) is 0 Å². The zero-order chi connectivity index (χ0) is 14.7. The van der Waals surface area contributed by atoms with Gasteiger partial charge in [-0.3, -0.25) is 4.79 Å². The van der Waals surface area contributed by atoms with Crippen molar-refractivity contribution in [1.82, 2.24) is 4.90 Å². The number of nitrogens with zero attached hydrogens (tertiary/aromatic N) is 2. The molecule has 2 N–H and O–H groups in total. The number of likely N-dealkylation sites (N-methyl/N-ethyl adjacent to an activating group) is 1. The molecular formula is C14H23N3OS2. The Hall–Kier alpha value is -0.720. The first-order valence-corrected chi connectivity index (χ1v) is 9.13. The Balaban J connectivity index is 2.25. The third-order valence-corrected chi connectivity index (χ3v) is 6.03. The normalized spacial score (nSPS) is 16.6. The second-order valence-corrected chi connectivity index (χ2v) is 6.70. The van der Waals surface area contributed by atoms with E-state index in [2.05, 4.69) is 16.7 Å². The van der Waals surface area contributed by atoms with Gasteiger partial charge < -0.3 is 15.5 Å². The maximum absolute atomic E-state index is 12.0. The first kappa shape index (κ1) is 15.7. The largest absolute Gasteiger partial charge is 0.396 e. The molecule has 1 aromatic heterocycles. The van der Waals surface area contributed by atoms with Crippen molar-refractivity contribution >= 4 is 39.6 Å². The molecule has 1 saturated heterocycles. The van der Waals surface area contributed by atoms with E-state index in [0.717, 1.165) is 42.5 Å². The number of piperazine rings is 1. The molecule has 1 aliphatic rings. The number of hydrogen-bond donors (Lipinski definition) is 1. The minimum absolute atomic E-state index is 0.154. The first-order valence-electron chi connectivity index (χ1n) is 7.09. The number of rotatable bonds is 5. The highest BCUT2D eigenvalue weighted by Crippen LogP contribution is 2.44. The van der Waals surface area contributed by atoms with Gasteiger partial charge in [-0.05, 0) is 12.8 Å². The quantitative estimate of drug-likeness (QED) is 0.669. The smallest absolute Gasteiger partial charge is 0.174 e. The summed E-state index contributed by atoms with van der Waals surface area (Å²) >= 11 is 3.22. The fraction of sp³-hybridized carbons (Fsp3) is 0.643. The maximum atomic E-state index is 12.0. The van der Waals surface area contributed by atoms with E-state index >= 15 is 0 Å². The average Bonchev–Trinajstić information content (AvgIpc) is 2.83. The molecule has 2 rings (SSSR count). The fourth-order valence-corrected chi connectivity index (χ4v) is 4.70. The van der Waals surface area contributed by atoms with Crippen LogP contribution in [0.3, 0.4) is 0 Å². The van der Waals surface area contributed by atoms with Crippen molar-refractivity contribution < 1.29 is 4.79 Å². The van der Waals surface area contributed by atoms with E-state index in [0.29, 0.717) is 12.1 Å². The summed E-state index contributed by atoms with van der Waals surface area (Å²) in [5.41, 5.74) is 6.87. The lowest BCUT2D eigenvalue weighted by atomic mass is 10.2. The van der Waals surface area contributed by atoms with Gasteiger partial charge in [0.15, 0.2) is 5.78 Å². The van der Waals surface area contributed by atoms with Crippen molar-refractivity contribution in [3.8, 4) is 0 Å². The molecule has 20 heavy (non-hydrogen) atoms. The van der Waals surface area contributed by atoms with Crippen molar-refractivity contribution in [3.63, 3.8) is 0 Å². The summed E-state index contributed by atoms with van der Waals surface area (Å²) in [5.74, 6) is 0.154. The predicted molar refractivity (Wildman–Crippen MR) is 89.5 cm³/mol. The molecule has 0 amide bonds. The molecule has 0 saturated carbocycles. The van der Waals surface area contributed by atoms with Crippen molar-refractivity contribution in [1.29, 1.82) is 0 Å². The molecule has 0 atom stereocenters. The number of hydrogen-bond acceptors (Lipinski definition) is 6. The zero-order valence-corrected chi connectivity index (χ0v) is 14.1. The molecule has 112 valence electrons. The number of thioether (sulfide) groups is 1. The summed E-state index contributed by atoms with van der Waals surface area (Å²) in [6, 6.07) is 0. The van der Waals surface area contributed by atoms with E-state index in [9.17, 15) is 4.79 Å². The molecule has 2 heterocycles. The molecular weight excluding hydrogens is 290 g/mol. The lowest BCUT2D eigenvalue weighted by Crippen LogP contribution is -2.46. The van der Waals surface area contributed by atoms with Crippen LogP contribution in [0.1, 0.15) is 29.9 Å². The van der Waals surface area contributed by atoms with Gasteiger partial charge in [-0.25, -0.2) is 0 Å². The van der Waals surface area contributed by atoms with Crippen molar-refractivity contribution in [2.75, 3.05) is 49.6 Å². The van der Waals surface area contributed by atoms with Gasteiger partial charge in [-0.2, -0.15) is 0 Å². The number of nitrogens with two attached hydrogens (primary N) is 1. The standard InChI is InChI=1S/C14H23N3OS2/c1-4-10(18)12-11(15)13(19-3)14(20-12)17-8-6-16(5-2)7-9-17/h4-9,15H2,1-3H3. The number of carbonyl (C=O) groups is 1. The van der Waals surface area contributed by atoms with Crippen LogP contribution in [0.25, 0.3) is 0 Å². The van der Waals surface area contributed by atoms with Crippen LogP contribution in [0.4, 0.5) is 10.7 Å². The zero-order valence-electron chi connectivity index (χ0n) is 12.4. The minimum Gasteiger partial charge on any atom is -0.396 e. The first-order chi connectivity index (χ1) is 9.62. The molecule has 6 heteroatoms. The molecule has 0 bridgehead atoms. The van der Waals surface area contributed by atoms with E-state index < -0.39 is 0 Å². The summed E-state index contributed by atoms with van der Waals surface area (Å²) in [4.78, 5) is 18.6. The summed E-state index contributed by atoms with van der Waals surface area (Å²) in [5, 5.41) is 1.18. The highest BCUT2D eigenvalue weighted by molar-refractivity contribution is 7.99. The molecule has 0 aromatic carbocycles. The Morgan fingerprint density at radius 2 is 1.95 bits per heavy atom. The number of nitrogen functional groups attached to an aromatic ring is 1. The number of thiophene rings is 1. The van der Waals surface area contributed by atoms with E-state index in [4.69, 9.17) is 5.73 Å². The monoisotopic (exact) mass is 313 g/mol. The van der Waals surface area contributed by atoms with Crippen LogP contribution in [-0.2, 0) is 0 Å². The number of ketones is 1. The number of anilines is 2. The Labute approximate surface area is 129 Å². The van der Waals surface area contributed by atoms with Gasteiger partial charge in [-0.15, -0.1) is 23.1 Å². The van der Waals surface area contributed by atoms with Gasteiger partial charge in [-0.1, -0.05) is 13.8 Å². The molecule has 4 nitrogen and oxygen atoms in total. The average molecular weight is 313 g/mol. The maximum Gasteiger partial charge on any atom is 0.174 e. The van der Waals surface area contributed by atoms with Crippen LogP contribution in [-0.4, -0.2) is 49.7 Å². The third kappa shape index (κ3) is 2.97. The molecule has 1 aromatic rings. The third-order valence-electron chi connectivity index (χ3n) is 3.77. The van der Waals surface area contributed by atoms with E-state index in [1.54, 1.807) is 23.1 Å².